The second-order valence-corrected chi connectivity index (χ2v) is 8.94. The molecular weight excluding hydrogens is 443 g/mol. The van der Waals surface area contributed by atoms with Crippen molar-refractivity contribution in [3.63, 3.8) is 0 Å². The van der Waals surface area contributed by atoms with Crippen molar-refractivity contribution in [3.05, 3.63) is 60.4 Å². The van der Waals surface area contributed by atoms with Crippen LogP contribution in [-0.4, -0.2) is 57.0 Å². The predicted octanol–water partition coefficient (Wildman–Crippen LogP) is 3.97. The first-order valence-electron chi connectivity index (χ1n) is 10.8. The highest BCUT2D eigenvalue weighted by atomic mass is 32.2. The predicted molar refractivity (Wildman–Crippen MR) is 123 cm³/mol. The van der Waals surface area contributed by atoms with E-state index in [4.69, 9.17) is 4.74 Å². The third kappa shape index (κ3) is 5.78. The second-order valence-electron chi connectivity index (χ2n) is 8.00. The van der Waals surface area contributed by atoms with Crippen LogP contribution in [0.2, 0.25) is 0 Å². The van der Waals surface area contributed by atoms with Crippen LogP contribution in [0.5, 0.6) is 0 Å². The number of likely N-dealkylation sites (tertiary alicyclic amines) is 1. The Hall–Kier alpha value is -3.20. The number of amides is 1. The van der Waals surface area contributed by atoms with Gasteiger partial charge in [-0.2, -0.15) is 0 Å². The SMILES string of the molecule is CC1CCN(C(=O)COC(=O)CSc2nnc(-c3ccc(F)cc3)n2-c2ccccc2)CC1. The Morgan fingerprint density at radius 3 is 2.45 bits per heavy atom. The molecule has 0 bridgehead atoms. The molecule has 1 amide bonds. The molecule has 0 N–H and O–H groups in total. The first-order valence-corrected chi connectivity index (χ1v) is 11.8. The van der Waals surface area contributed by atoms with E-state index in [1.807, 2.05) is 34.9 Å². The van der Waals surface area contributed by atoms with E-state index in [-0.39, 0.29) is 24.1 Å². The average molecular weight is 469 g/mol. The molecule has 0 atom stereocenters. The van der Waals surface area contributed by atoms with Crippen LogP contribution in [0.25, 0.3) is 17.1 Å². The maximum atomic E-state index is 13.4. The maximum absolute atomic E-state index is 13.4. The van der Waals surface area contributed by atoms with Crippen molar-refractivity contribution in [1.29, 1.82) is 0 Å². The molecule has 1 aliphatic heterocycles. The summed E-state index contributed by atoms with van der Waals surface area (Å²) in [5, 5.41) is 9.00. The normalized spacial score (nSPS) is 14.3. The first kappa shape index (κ1) is 23.0. The number of para-hydroxylation sites is 1. The van der Waals surface area contributed by atoms with Crippen LogP contribution < -0.4 is 0 Å². The number of thioether (sulfide) groups is 1. The fourth-order valence-electron chi connectivity index (χ4n) is 3.62. The lowest BCUT2D eigenvalue weighted by atomic mass is 9.99. The molecule has 2 aromatic carbocycles. The average Bonchev–Trinajstić information content (AvgIpc) is 3.26. The van der Waals surface area contributed by atoms with Crippen LogP contribution in [0.1, 0.15) is 19.8 Å². The smallest absolute Gasteiger partial charge is 0.316 e. The van der Waals surface area contributed by atoms with Gasteiger partial charge in [-0.3, -0.25) is 14.2 Å². The minimum atomic E-state index is -0.496. The van der Waals surface area contributed by atoms with Crippen molar-refractivity contribution in [3.8, 4) is 17.1 Å². The van der Waals surface area contributed by atoms with Gasteiger partial charge < -0.3 is 9.64 Å². The number of ether oxygens (including phenoxy) is 1. The molecule has 0 unspecified atom stereocenters. The van der Waals surface area contributed by atoms with Gasteiger partial charge in [0.25, 0.3) is 5.91 Å². The Kier molecular flexibility index (Phi) is 7.39. The summed E-state index contributed by atoms with van der Waals surface area (Å²) in [7, 11) is 0. The molecule has 172 valence electrons. The van der Waals surface area contributed by atoms with Crippen LogP contribution >= 0.6 is 11.8 Å². The summed E-state index contributed by atoms with van der Waals surface area (Å²) >= 11 is 1.17. The lowest BCUT2D eigenvalue weighted by Crippen LogP contribution is -2.40. The van der Waals surface area contributed by atoms with E-state index in [9.17, 15) is 14.0 Å². The lowest BCUT2D eigenvalue weighted by Gasteiger charge is -2.30. The quantitative estimate of drug-likeness (QED) is 0.386. The molecular formula is C24H25FN4O3S. The Labute approximate surface area is 196 Å². The van der Waals surface area contributed by atoms with Crippen LogP contribution in [-0.2, 0) is 14.3 Å². The zero-order valence-electron chi connectivity index (χ0n) is 18.3. The second kappa shape index (κ2) is 10.6. The Balaban J connectivity index is 1.42. The molecule has 1 aliphatic rings. The number of piperidine rings is 1. The summed E-state index contributed by atoms with van der Waals surface area (Å²) in [5.41, 5.74) is 1.51. The van der Waals surface area contributed by atoms with Crippen molar-refractivity contribution in [2.75, 3.05) is 25.4 Å². The first-order chi connectivity index (χ1) is 16.0. The highest BCUT2D eigenvalue weighted by Crippen LogP contribution is 2.28. The Morgan fingerprint density at radius 2 is 1.76 bits per heavy atom. The summed E-state index contributed by atoms with van der Waals surface area (Å²) in [6.07, 6.45) is 1.95. The fraction of sp³-hybridized carbons (Fsp3) is 0.333. The maximum Gasteiger partial charge on any atom is 0.316 e. The van der Waals surface area contributed by atoms with Gasteiger partial charge in [-0.05, 0) is 55.2 Å². The number of hydrogen-bond donors (Lipinski definition) is 0. The topological polar surface area (TPSA) is 77.3 Å². The van der Waals surface area contributed by atoms with Gasteiger partial charge >= 0.3 is 5.97 Å². The van der Waals surface area contributed by atoms with E-state index >= 15 is 0 Å². The molecule has 1 saturated heterocycles. The van der Waals surface area contributed by atoms with Gasteiger partial charge in [0.1, 0.15) is 5.82 Å². The summed E-state index contributed by atoms with van der Waals surface area (Å²) in [6, 6.07) is 15.5. The number of hydrogen-bond acceptors (Lipinski definition) is 6. The van der Waals surface area contributed by atoms with Crippen LogP contribution in [0.15, 0.2) is 59.8 Å². The molecule has 1 fully saturated rings. The number of esters is 1. The molecule has 2 heterocycles. The number of halogens is 1. The van der Waals surface area contributed by atoms with E-state index in [0.29, 0.717) is 35.6 Å². The van der Waals surface area contributed by atoms with Crippen molar-refractivity contribution in [2.24, 2.45) is 5.92 Å². The molecule has 0 saturated carbocycles. The fourth-order valence-corrected chi connectivity index (χ4v) is 4.37. The zero-order chi connectivity index (χ0) is 23.2. The van der Waals surface area contributed by atoms with Crippen molar-refractivity contribution in [1.82, 2.24) is 19.7 Å². The highest BCUT2D eigenvalue weighted by molar-refractivity contribution is 7.99. The molecule has 0 radical (unpaired) electrons. The summed E-state index contributed by atoms with van der Waals surface area (Å²) in [4.78, 5) is 26.4. The van der Waals surface area contributed by atoms with E-state index < -0.39 is 5.97 Å². The van der Waals surface area contributed by atoms with Gasteiger partial charge in [0.15, 0.2) is 17.6 Å². The molecule has 9 heteroatoms. The van der Waals surface area contributed by atoms with Crippen LogP contribution in [0.3, 0.4) is 0 Å². The van der Waals surface area contributed by atoms with Gasteiger partial charge in [0.05, 0.1) is 5.75 Å². The molecule has 7 nitrogen and oxygen atoms in total. The Morgan fingerprint density at radius 1 is 1.06 bits per heavy atom. The number of carbonyl (C=O) groups is 2. The van der Waals surface area contributed by atoms with Gasteiger partial charge in [-0.15, -0.1) is 10.2 Å². The molecule has 4 rings (SSSR count). The van der Waals surface area contributed by atoms with E-state index in [0.717, 1.165) is 18.5 Å². The molecule has 3 aromatic rings. The molecule has 0 spiro atoms. The molecule has 33 heavy (non-hydrogen) atoms. The summed E-state index contributed by atoms with van der Waals surface area (Å²) in [5.74, 6) is 0.145. The molecule has 1 aromatic heterocycles. The van der Waals surface area contributed by atoms with Crippen LogP contribution in [0, 0.1) is 11.7 Å². The lowest BCUT2D eigenvalue weighted by molar-refractivity contribution is -0.150. The van der Waals surface area contributed by atoms with Gasteiger partial charge in [0, 0.05) is 24.3 Å². The number of carbonyl (C=O) groups excluding carboxylic acids is 2. The standard InChI is InChI=1S/C24H25FN4O3S/c1-17-11-13-28(14-12-17)21(30)15-32-22(31)16-33-24-27-26-23(18-7-9-19(25)10-8-18)29(24)20-5-3-2-4-6-20/h2-10,17H,11-16H2,1H3. The van der Waals surface area contributed by atoms with Gasteiger partial charge in [0.2, 0.25) is 0 Å². The van der Waals surface area contributed by atoms with Crippen molar-refractivity contribution in [2.45, 2.75) is 24.9 Å². The van der Waals surface area contributed by atoms with Crippen molar-refractivity contribution < 1.29 is 18.7 Å². The van der Waals surface area contributed by atoms with E-state index in [1.54, 1.807) is 17.0 Å². The zero-order valence-corrected chi connectivity index (χ0v) is 19.1. The minimum absolute atomic E-state index is 0.0152. The highest BCUT2D eigenvalue weighted by Gasteiger charge is 2.22. The van der Waals surface area contributed by atoms with E-state index in [2.05, 4.69) is 17.1 Å². The van der Waals surface area contributed by atoms with Gasteiger partial charge in [-0.1, -0.05) is 36.9 Å². The minimum Gasteiger partial charge on any atom is -0.455 e. The summed E-state index contributed by atoms with van der Waals surface area (Å²) in [6.45, 7) is 3.34. The monoisotopic (exact) mass is 468 g/mol. The van der Waals surface area contributed by atoms with Crippen molar-refractivity contribution >= 4 is 23.6 Å². The van der Waals surface area contributed by atoms with E-state index in [1.165, 1.54) is 23.9 Å². The largest absolute Gasteiger partial charge is 0.455 e. The van der Waals surface area contributed by atoms with Gasteiger partial charge in [-0.25, -0.2) is 4.39 Å². The Bertz CT molecular complexity index is 1100. The summed E-state index contributed by atoms with van der Waals surface area (Å²) < 4.78 is 20.4. The number of rotatable bonds is 7. The van der Waals surface area contributed by atoms with Crippen LogP contribution in [0.4, 0.5) is 4.39 Å². The number of nitrogens with zero attached hydrogens (tertiary/aromatic N) is 4. The number of aromatic nitrogens is 3. The third-order valence-corrected chi connectivity index (χ3v) is 6.46. The number of benzene rings is 2. The third-order valence-electron chi connectivity index (χ3n) is 5.56. The molecule has 0 aliphatic carbocycles.